The second-order valence-corrected chi connectivity index (χ2v) is 6.00. The molecular weight excluding hydrogens is 330 g/mol. The SMILES string of the molecule is CC(C)NC(=O)COc1cccc(C=CC(=O)NCc2cccnc2)c1. The molecule has 2 amide bonds. The number of ether oxygens (including phenoxy) is 1. The number of hydrogen-bond acceptors (Lipinski definition) is 4. The van der Waals surface area contributed by atoms with Gasteiger partial charge in [0.05, 0.1) is 0 Å². The second-order valence-electron chi connectivity index (χ2n) is 6.00. The molecule has 1 heterocycles. The molecule has 1 aromatic carbocycles. The molecule has 2 aromatic rings. The fraction of sp³-hybridized carbons (Fsp3) is 0.250. The summed E-state index contributed by atoms with van der Waals surface area (Å²) < 4.78 is 5.47. The Morgan fingerprint density at radius 1 is 1.23 bits per heavy atom. The number of carbonyl (C=O) groups excluding carboxylic acids is 2. The molecule has 0 unspecified atom stereocenters. The molecule has 0 aliphatic rings. The average molecular weight is 353 g/mol. The molecule has 136 valence electrons. The molecule has 2 N–H and O–H groups in total. The van der Waals surface area contributed by atoms with E-state index in [1.165, 1.54) is 6.08 Å². The molecule has 0 spiro atoms. The maximum absolute atomic E-state index is 11.9. The van der Waals surface area contributed by atoms with Crippen LogP contribution in [0.2, 0.25) is 0 Å². The number of benzene rings is 1. The first-order valence-electron chi connectivity index (χ1n) is 8.40. The van der Waals surface area contributed by atoms with E-state index in [-0.39, 0.29) is 24.5 Å². The third kappa shape index (κ3) is 7.17. The lowest BCUT2D eigenvalue weighted by Crippen LogP contribution is -2.34. The van der Waals surface area contributed by atoms with Crippen LogP contribution in [-0.2, 0) is 16.1 Å². The summed E-state index contributed by atoms with van der Waals surface area (Å²) in [6, 6.07) is 11.0. The molecule has 0 atom stereocenters. The fourth-order valence-electron chi connectivity index (χ4n) is 2.14. The van der Waals surface area contributed by atoms with Gasteiger partial charge in [-0.15, -0.1) is 0 Å². The summed E-state index contributed by atoms with van der Waals surface area (Å²) in [6.07, 6.45) is 6.55. The van der Waals surface area contributed by atoms with Gasteiger partial charge in [-0.05, 0) is 49.2 Å². The number of pyridine rings is 1. The van der Waals surface area contributed by atoms with E-state index in [1.807, 2.05) is 38.1 Å². The molecule has 1 aromatic heterocycles. The van der Waals surface area contributed by atoms with Crippen molar-refractivity contribution in [1.29, 1.82) is 0 Å². The maximum atomic E-state index is 11.9. The number of nitrogens with zero attached hydrogens (tertiary/aromatic N) is 1. The Morgan fingerprint density at radius 2 is 2.08 bits per heavy atom. The van der Waals surface area contributed by atoms with Crippen LogP contribution in [-0.4, -0.2) is 29.4 Å². The Bertz CT molecular complexity index is 758. The van der Waals surface area contributed by atoms with Gasteiger partial charge in [-0.2, -0.15) is 0 Å². The normalized spacial score (nSPS) is 10.7. The van der Waals surface area contributed by atoms with Crippen LogP contribution in [0.1, 0.15) is 25.0 Å². The monoisotopic (exact) mass is 353 g/mol. The van der Waals surface area contributed by atoms with Crippen LogP contribution >= 0.6 is 0 Å². The van der Waals surface area contributed by atoms with E-state index < -0.39 is 0 Å². The van der Waals surface area contributed by atoms with Gasteiger partial charge in [0.25, 0.3) is 5.91 Å². The van der Waals surface area contributed by atoms with E-state index in [1.54, 1.807) is 30.6 Å². The van der Waals surface area contributed by atoms with E-state index >= 15 is 0 Å². The van der Waals surface area contributed by atoms with Crippen molar-refractivity contribution in [2.24, 2.45) is 0 Å². The summed E-state index contributed by atoms with van der Waals surface area (Å²) in [5, 5.41) is 5.55. The van der Waals surface area contributed by atoms with E-state index in [4.69, 9.17) is 4.74 Å². The van der Waals surface area contributed by atoms with E-state index in [9.17, 15) is 9.59 Å². The number of aromatic nitrogens is 1. The Labute approximate surface area is 153 Å². The zero-order chi connectivity index (χ0) is 18.8. The number of nitrogens with one attached hydrogen (secondary N) is 2. The van der Waals surface area contributed by atoms with Gasteiger partial charge in [0.2, 0.25) is 5.91 Å². The first-order valence-corrected chi connectivity index (χ1v) is 8.40. The van der Waals surface area contributed by atoms with Crippen LogP contribution < -0.4 is 15.4 Å². The number of hydrogen-bond donors (Lipinski definition) is 2. The van der Waals surface area contributed by atoms with Crippen molar-refractivity contribution in [2.45, 2.75) is 26.4 Å². The van der Waals surface area contributed by atoms with Crippen molar-refractivity contribution >= 4 is 17.9 Å². The highest BCUT2D eigenvalue weighted by Gasteiger charge is 2.04. The molecule has 26 heavy (non-hydrogen) atoms. The van der Waals surface area contributed by atoms with Crippen molar-refractivity contribution < 1.29 is 14.3 Å². The first-order chi connectivity index (χ1) is 12.5. The van der Waals surface area contributed by atoms with E-state index in [0.717, 1.165) is 11.1 Å². The molecule has 0 saturated carbocycles. The Kier molecular flexibility index (Phi) is 7.36. The minimum atomic E-state index is -0.198. The molecule has 0 fully saturated rings. The lowest BCUT2D eigenvalue weighted by atomic mass is 10.2. The fourth-order valence-corrected chi connectivity index (χ4v) is 2.14. The second kappa shape index (κ2) is 9.98. The minimum absolute atomic E-state index is 0.0447. The highest BCUT2D eigenvalue weighted by atomic mass is 16.5. The number of amides is 2. The van der Waals surface area contributed by atoms with Gasteiger partial charge in [-0.1, -0.05) is 18.2 Å². The summed E-state index contributed by atoms with van der Waals surface area (Å²) in [7, 11) is 0. The minimum Gasteiger partial charge on any atom is -0.484 e. The quantitative estimate of drug-likeness (QED) is 0.714. The van der Waals surface area contributed by atoms with Crippen LogP contribution in [0.25, 0.3) is 6.08 Å². The van der Waals surface area contributed by atoms with Crippen molar-refractivity contribution in [3.05, 3.63) is 66.0 Å². The zero-order valence-electron chi connectivity index (χ0n) is 14.9. The molecule has 0 aliphatic heterocycles. The summed E-state index contributed by atoms with van der Waals surface area (Å²) in [5.74, 6) is 0.203. The topological polar surface area (TPSA) is 80.3 Å². The third-order valence-electron chi connectivity index (χ3n) is 3.29. The molecule has 0 saturated heterocycles. The van der Waals surface area contributed by atoms with Gasteiger partial charge in [0.15, 0.2) is 6.61 Å². The standard InChI is InChI=1S/C20H23N3O3/c1-15(2)23-20(25)14-26-18-7-3-5-16(11-18)8-9-19(24)22-13-17-6-4-10-21-12-17/h3-12,15H,13-14H2,1-2H3,(H,22,24)(H,23,25). The van der Waals surface area contributed by atoms with Crippen molar-refractivity contribution in [1.82, 2.24) is 15.6 Å². The Hall–Kier alpha value is -3.15. The third-order valence-corrected chi connectivity index (χ3v) is 3.29. The summed E-state index contributed by atoms with van der Waals surface area (Å²) in [5.41, 5.74) is 1.74. The predicted octanol–water partition coefficient (Wildman–Crippen LogP) is 2.31. The maximum Gasteiger partial charge on any atom is 0.258 e. The van der Waals surface area contributed by atoms with E-state index in [2.05, 4.69) is 15.6 Å². The average Bonchev–Trinajstić information content (AvgIpc) is 2.64. The molecule has 0 bridgehead atoms. The van der Waals surface area contributed by atoms with Crippen LogP contribution in [0.4, 0.5) is 0 Å². The largest absolute Gasteiger partial charge is 0.484 e. The molecular formula is C20H23N3O3. The Balaban J connectivity index is 1.84. The van der Waals surface area contributed by atoms with Gasteiger partial charge < -0.3 is 15.4 Å². The first kappa shape index (κ1) is 19.2. The summed E-state index contributed by atoms with van der Waals surface area (Å²) >= 11 is 0. The van der Waals surface area contributed by atoms with Gasteiger partial charge in [0, 0.05) is 31.1 Å². The van der Waals surface area contributed by atoms with Crippen LogP contribution in [0.3, 0.4) is 0 Å². The molecule has 6 nitrogen and oxygen atoms in total. The van der Waals surface area contributed by atoms with Crippen LogP contribution in [0, 0.1) is 0 Å². The Morgan fingerprint density at radius 3 is 2.81 bits per heavy atom. The smallest absolute Gasteiger partial charge is 0.258 e. The van der Waals surface area contributed by atoms with Gasteiger partial charge in [-0.3, -0.25) is 14.6 Å². The summed E-state index contributed by atoms with van der Waals surface area (Å²) in [4.78, 5) is 27.5. The summed E-state index contributed by atoms with van der Waals surface area (Å²) in [6.45, 7) is 4.16. The molecule has 2 rings (SSSR count). The van der Waals surface area contributed by atoms with E-state index in [0.29, 0.717) is 12.3 Å². The van der Waals surface area contributed by atoms with Gasteiger partial charge in [0.1, 0.15) is 5.75 Å². The predicted molar refractivity (Wildman–Crippen MR) is 100 cm³/mol. The van der Waals surface area contributed by atoms with Crippen LogP contribution in [0.5, 0.6) is 5.75 Å². The highest BCUT2D eigenvalue weighted by Crippen LogP contribution is 2.14. The molecule has 0 aliphatic carbocycles. The zero-order valence-corrected chi connectivity index (χ0v) is 14.9. The van der Waals surface area contributed by atoms with Gasteiger partial charge >= 0.3 is 0 Å². The van der Waals surface area contributed by atoms with Crippen molar-refractivity contribution in [3.63, 3.8) is 0 Å². The lowest BCUT2D eigenvalue weighted by molar-refractivity contribution is -0.123. The highest BCUT2D eigenvalue weighted by molar-refractivity contribution is 5.91. The number of rotatable bonds is 8. The molecule has 0 radical (unpaired) electrons. The lowest BCUT2D eigenvalue weighted by Gasteiger charge is -2.10. The van der Waals surface area contributed by atoms with Gasteiger partial charge in [-0.25, -0.2) is 0 Å². The molecule has 6 heteroatoms. The van der Waals surface area contributed by atoms with Crippen molar-refractivity contribution in [3.8, 4) is 5.75 Å². The van der Waals surface area contributed by atoms with Crippen molar-refractivity contribution in [2.75, 3.05) is 6.61 Å². The van der Waals surface area contributed by atoms with Crippen LogP contribution in [0.15, 0.2) is 54.9 Å². The number of carbonyl (C=O) groups is 2.